The first-order valence-electron chi connectivity index (χ1n) is 7.10. The smallest absolute Gasteiger partial charge is 0.141 e. The standard InChI is InChI=1S/C17H19Br2NO/c1-3-15(20-4-2)13-7-5-6-8-16(13)21-17-10-9-12(18)11-14(17)19/h5-11,15,20H,3-4H2,1-2H3. The van der Waals surface area contributed by atoms with E-state index in [1.807, 2.05) is 30.3 Å². The van der Waals surface area contributed by atoms with E-state index in [0.717, 1.165) is 33.4 Å². The van der Waals surface area contributed by atoms with Gasteiger partial charge in [-0.25, -0.2) is 0 Å². The van der Waals surface area contributed by atoms with Crippen LogP contribution in [-0.2, 0) is 0 Å². The van der Waals surface area contributed by atoms with Gasteiger partial charge in [-0.3, -0.25) is 0 Å². The van der Waals surface area contributed by atoms with Gasteiger partial charge in [-0.1, -0.05) is 48.0 Å². The number of halogens is 2. The molecule has 0 bridgehead atoms. The van der Waals surface area contributed by atoms with Crippen LogP contribution in [0.2, 0.25) is 0 Å². The monoisotopic (exact) mass is 411 g/mol. The van der Waals surface area contributed by atoms with Crippen LogP contribution in [0.4, 0.5) is 0 Å². The molecule has 0 heterocycles. The average Bonchev–Trinajstić information content (AvgIpc) is 2.48. The Morgan fingerprint density at radius 3 is 2.48 bits per heavy atom. The van der Waals surface area contributed by atoms with E-state index < -0.39 is 0 Å². The minimum atomic E-state index is 0.306. The van der Waals surface area contributed by atoms with Crippen molar-refractivity contribution in [2.24, 2.45) is 0 Å². The van der Waals surface area contributed by atoms with Crippen molar-refractivity contribution in [3.05, 3.63) is 57.0 Å². The Labute approximate surface area is 143 Å². The molecule has 21 heavy (non-hydrogen) atoms. The number of hydrogen-bond donors (Lipinski definition) is 1. The first-order chi connectivity index (χ1) is 10.2. The molecule has 0 aromatic heterocycles. The quantitative estimate of drug-likeness (QED) is 0.622. The molecule has 0 aliphatic carbocycles. The number of hydrogen-bond acceptors (Lipinski definition) is 2. The normalized spacial score (nSPS) is 12.2. The van der Waals surface area contributed by atoms with E-state index in [-0.39, 0.29) is 0 Å². The molecule has 0 saturated heterocycles. The van der Waals surface area contributed by atoms with Crippen LogP contribution >= 0.6 is 31.9 Å². The summed E-state index contributed by atoms with van der Waals surface area (Å²) in [6.45, 7) is 5.24. The Kier molecular flexibility index (Phi) is 6.27. The molecule has 0 saturated carbocycles. The van der Waals surface area contributed by atoms with Gasteiger partial charge in [0.25, 0.3) is 0 Å². The lowest BCUT2D eigenvalue weighted by Crippen LogP contribution is -2.20. The van der Waals surface area contributed by atoms with Gasteiger partial charge in [-0.05, 0) is 53.2 Å². The third-order valence-electron chi connectivity index (χ3n) is 3.27. The summed E-state index contributed by atoms with van der Waals surface area (Å²) in [5.74, 6) is 1.71. The van der Waals surface area contributed by atoms with Crippen LogP contribution in [0.5, 0.6) is 11.5 Å². The van der Waals surface area contributed by atoms with E-state index in [9.17, 15) is 0 Å². The van der Waals surface area contributed by atoms with Crippen LogP contribution in [0, 0.1) is 0 Å². The molecule has 1 atom stereocenters. The number of nitrogens with one attached hydrogen (secondary N) is 1. The molecular weight excluding hydrogens is 394 g/mol. The first kappa shape index (κ1) is 16.5. The van der Waals surface area contributed by atoms with Gasteiger partial charge in [0, 0.05) is 16.1 Å². The zero-order chi connectivity index (χ0) is 15.2. The Bertz CT molecular complexity index is 601. The largest absolute Gasteiger partial charge is 0.456 e. The number of benzene rings is 2. The van der Waals surface area contributed by atoms with Crippen molar-refractivity contribution in [1.82, 2.24) is 5.32 Å². The second-order valence-electron chi connectivity index (χ2n) is 4.73. The van der Waals surface area contributed by atoms with Crippen molar-refractivity contribution in [3.8, 4) is 11.5 Å². The van der Waals surface area contributed by atoms with E-state index in [2.05, 4.69) is 63.2 Å². The fraction of sp³-hybridized carbons (Fsp3) is 0.294. The lowest BCUT2D eigenvalue weighted by Gasteiger charge is -2.20. The van der Waals surface area contributed by atoms with Gasteiger partial charge in [-0.15, -0.1) is 0 Å². The van der Waals surface area contributed by atoms with Crippen LogP contribution in [0.1, 0.15) is 31.9 Å². The van der Waals surface area contributed by atoms with E-state index in [1.165, 1.54) is 5.56 Å². The molecule has 2 aromatic carbocycles. The van der Waals surface area contributed by atoms with E-state index in [4.69, 9.17) is 4.74 Å². The highest BCUT2D eigenvalue weighted by molar-refractivity contribution is 9.11. The lowest BCUT2D eigenvalue weighted by molar-refractivity contribution is 0.450. The summed E-state index contributed by atoms with van der Waals surface area (Å²) in [6, 6.07) is 14.4. The van der Waals surface area contributed by atoms with Crippen LogP contribution in [0.15, 0.2) is 51.4 Å². The Hall–Kier alpha value is -0.840. The molecule has 112 valence electrons. The van der Waals surface area contributed by atoms with Crippen molar-refractivity contribution < 1.29 is 4.74 Å². The second kappa shape index (κ2) is 7.97. The summed E-state index contributed by atoms with van der Waals surface area (Å²) >= 11 is 7.00. The summed E-state index contributed by atoms with van der Waals surface area (Å²) in [6.07, 6.45) is 1.02. The lowest BCUT2D eigenvalue weighted by atomic mass is 10.0. The van der Waals surface area contributed by atoms with Crippen LogP contribution in [0.3, 0.4) is 0 Å². The molecule has 0 fully saturated rings. The van der Waals surface area contributed by atoms with Gasteiger partial charge < -0.3 is 10.1 Å². The minimum absolute atomic E-state index is 0.306. The van der Waals surface area contributed by atoms with E-state index in [0.29, 0.717) is 6.04 Å². The first-order valence-corrected chi connectivity index (χ1v) is 8.69. The molecule has 4 heteroatoms. The van der Waals surface area contributed by atoms with Crippen molar-refractivity contribution >= 4 is 31.9 Å². The fourth-order valence-corrected chi connectivity index (χ4v) is 3.39. The highest BCUT2D eigenvalue weighted by atomic mass is 79.9. The number of rotatable bonds is 6. The van der Waals surface area contributed by atoms with Gasteiger partial charge >= 0.3 is 0 Å². The predicted molar refractivity (Wildman–Crippen MR) is 95.1 cm³/mol. The molecule has 0 amide bonds. The highest BCUT2D eigenvalue weighted by Gasteiger charge is 2.14. The van der Waals surface area contributed by atoms with E-state index >= 15 is 0 Å². The predicted octanol–water partition coefficient (Wildman–Crippen LogP) is 6.06. The highest BCUT2D eigenvalue weighted by Crippen LogP contribution is 2.35. The molecule has 0 aliphatic rings. The maximum absolute atomic E-state index is 6.12. The molecule has 0 aliphatic heterocycles. The summed E-state index contributed by atoms with van der Waals surface area (Å²) in [7, 11) is 0. The fourth-order valence-electron chi connectivity index (χ4n) is 2.26. The zero-order valence-electron chi connectivity index (χ0n) is 12.2. The third-order valence-corrected chi connectivity index (χ3v) is 4.38. The zero-order valence-corrected chi connectivity index (χ0v) is 15.4. The molecular formula is C17H19Br2NO. The van der Waals surface area contributed by atoms with Gasteiger partial charge in [-0.2, -0.15) is 0 Å². The minimum Gasteiger partial charge on any atom is -0.456 e. The van der Waals surface area contributed by atoms with Gasteiger partial charge in [0.1, 0.15) is 11.5 Å². The third kappa shape index (κ3) is 4.31. The SMILES string of the molecule is CCNC(CC)c1ccccc1Oc1ccc(Br)cc1Br. The number of ether oxygens (including phenoxy) is 1. The van der Waals surface area contributed by atoms with Gasteiger partial charge in [0.05, 0.1) is 4.47 Å². The van der Waals surface area contributed by atoms with Crippen molar-refractivity contribution in [3.63, 3.8) is 0 Å². The molecule has 0 spiro atoms. The molecule has 2 nitrogen and oxygen atoms in total. The maximum Gasteiger partial charge on any atom is 0.141 e. The Balaban J connectivity index is 2.31. The molecule has 2 rings (SSSR count). The molecule has 0 radical (unpaired) electrons. The van der Waals surface area contributed by atoms with Crippen LogP contribution in [0.25, 0.3) is 0 Å². The Morgan fingerprint density at radius 2 is 1.81 bits per heavy atom. The van der Waals surface area contributed by atoms with Crippen molar-refractivity contribution in [2.75, 3.05) is 6.54 Å². The summed E-state index contributed by atoms with van der Waals surface area (Å²) in [5.41, 5.74) is 1.19. The topological polar surface area (TPSA) is 21.3 Å². The maximum atomic E-state index is 6.12. The average molecular weight is 413 g/mol. The van der Waals surface area contributed by atoms with Gasteiger partial charge in [0.15, 0.2) is 0 Å². The van der Waals surface area contributed by atoms with E-state index in [1.54, 1.807) is 0 Å². The second-order valence-corrected chi connectivity index (χ2v) is 6.50. The Morgan fingerprint density at radius 1 is 1.05 bits per heavy atom. The summed E-state index contributed by atoms with van der Waals surface area (Å²) < 4.78 is 8.07. The molecule has 1 unspecified atom stereocenters. The van der Waals surface area contributed by atoms with Crippen molar-refractivity contribution in [2.45, 2.75) is 26.3 Å². The molecule has 1 N–H and O–H groups in total. The van der Waals surface area contributed by atoms with Gasteiger partial charge in [0.2, 0.25) is 0 Å². The van der Waals surface area contributed by atoms with Crippen LogP contribution in [-0.4, -0.2) is 6.54 Å². The molecule has 2 aromatic rings. The number of para-hydroxylation sites is 1. The van der Waals surface area contributed by atoms with Crippen LogP contribution < -0.4 is 10.1 Å². The van der Waals surface area contributed by atoms with Crippen molar-refractivity contribution in [1.29, 1.82) is 0 Å². The summed E-state index contributed by atoms with van der Waals surface area (Å²) in [4.78, 5) is 0. The summed E-state index contributed by atoms with van der Waals surface area (Å²) in [5, 5.41) is 3.50.